The molecule has 1 aromatic heterocycles. The number of nitrogens with zero attached hydrogens (tertiary/aromatic N) is 2. The quantitative estimate of drug-likeness (QED) is 0.735. The number of sulfonamides is 1. The van der Waals surface area contributed by atoms with Crippen molar-refractivity contribution in [3.63, 3.8) is 0 Å². The monoisotopic (exact) mass is 446 g/mol. The molecule has 1 aliphatic heterocycles. The van der Waals surface area contributed by atoms with E-state index in [-0.39, 0.29) is 41.7 Å². The summed E-state index contributed by atoms with van der Waals surface area (Å²) >= 11 is 0. The second kappa shape index (κ2) is 10.6. The van der Waals surface area contributed by atoms with Crippen LogP contribution in [-0.4, -0.2) is 50.4 Å². The van der Waals surface area contributed by atoms with Gasteiger partial charge in [-0.05, 0) is 62.3 Å². The summed E-state index contributed by atoms with van der Waals surface area (Å²) in [7, 11) is -1.91. The van der Waals surface area contributed by atoms with Crippen molar-refractivity contribution in [1.29, 1.82) is 0 Å². The first-order chi connectivity index (χ1) is 12.5. The molecule has 10 heteroatoms. The highest BCUT2D eigenvalue weighted by atomic mass is 35.5. The Morgan fingerprint density at radius 3 is 2.21 bits per heavy atom. The van der Waals surface area contributed by atoms with E-state index < -0.39 is 10.0 Å². The zero-order valence-electron chi connectivity index (χ0n) is 15.4. The van der Waals surface area contributed by atoms with Crippen molar-refractivity contribution in [2.24, 2.45) is 0 Å². The first-order valence-electron chi connectivity index (χ1n) is 8.48. The lowest BCUT2D eigenvalue weighted by Gasteiger charge is -2.31. The highest BCUT2D eigenvalue weighted by molar-refractivity contribution is 7.92. The number of piperidine rings is 1. The number of pyridine rings is 1. The fourth-order valence-corrected chi connectivity index (χ4v) is 4.03. The Balaban J connectivity index is 0.00000196. The molecule has 0 spiro atoms. The van der Waals surface area contributed by atoms with Crippen LogP contribution in [0.4, 0.5) is 5.69 Å². The van der Waals surface area contributed by atoms with Crippen LogP contribution >= 0.6 is 24.8 Å². The molecule has 28 heavy (non-hydrogen) atoms. The molecule has 2 heterocycles. The van der Waals surface area contributed by atoms with E-state index in [9.17, 15) is 13.2 Å². The number of hydrogen-bond acceptors (Lipinski definition) is 5. The Hall–Kier alpha value is -1.87. The predicted octanol–water partition coefficient (Wildman–Crippen LogP) is 2.55. The van der Waals surface area contributed by atoms with Gasteiger partial charge in [0.25, 0.3) is 15.9 Å². The van der Waals surface area contributed by atoms with E-state index in [4.69, 9.17) is 0 Å². The van der Waals surface area contributed by atoms with E-state index >= 15 is 0 Å². The standard InChI is InChI=1S/C18H22N4O3S.2ClH/c1-22(16-8-12-20-13-9-16)18(23)14-2-4-17(5-3-14)26(24,25)21-15-6-10-19-11-7-15;;/h2-7,10-11,16,20H,8-9,12-13H2,1H3,(H,19,21);2*1H. The van der Waals surface area contributed by atoms with Crippen LogP contribution in [0.25, 0.3) is 0 Å². The molecule has 0 saturated carbocycles. The largest absolute Gasteiger partial charge is 0.339 e. The van der Waals surface area contributed by atoms with Crippen LogP contribution in [-0.2, 0) is 10.0 Å². The molecule has 1 aliphatic rings. The minimum absolute atomic E-state index is 0. The minimum Gasteiger partial charge on any atom is -0.339 e. The van der Waals surface area contributed by atoms with Gasteiger partial charge in [0, 0.05) is 31.0 Å². The number of benzene rings is 1. The first kappa shape index (κ1) is 24.2. The lowest BCUT2D eigenvalue weighted by atomic mass is 10.0. The maximum atomic E-state index is 12.6. The van der Waals surface area contributed by atoms with E-state index in [0.29, 0.717) is 11.3 Å². The number of carbonyl (C=O) groups excluding carboxylic acids is 1. The molecular weight excluding hydrogens is 423 g/mol. The minimum atomic E-state index is -3.71. The summed E-state index contributed by atoms with van der Waals surface area (Å²) in [5.41, 5.74) is 0.916. The Kier molecular flexibility index (Phi) is 9.16. The van der Waals surface area contributed by atoms with Gasteiger partial charge in [0.05, 0.1) is 10.6 Å². The second-order valence-corrected chi connectivity index (χ2v) is 7.95. The fourth-order valence-electron chi connectivity index (χ4n) is 2.97. The summed E-state index contributed by atoms with van der Waals surface area (Å²) in [6.07, 6.45) is 4.86. The molecule has 1 saturated heterocycles. The van der Waals surface area contributed by atoms with Gasteiger partial charge in [-0.2, -0.15) is 0 Å². The molecule has 1 amide bonds. The van der Waals surface area contributed by atoms with Crippen LogP contribution < -0.4 is 10.0 Å². The summed E-state index contributed by atoms with van der Waals surface area (Å²) in [5, 5.41) is 3.28. The van der Waals surface area contributed by atoms with Gasteiger partial charge in [-0.25, -0.2) is 8.42 Å². The van der Waals surface area contributed by atoms with Crippen LogP contribution in [0.5, 0.6) is 0 Å². The third-order valence-electron chi connectivity index (χ3n) is 4.52. The van der Waals surface area contributed by atoms with Gasteiger partial charge in [0.1, 0.15) is 0 Å². The van der Waals surface area contributed by atoms with Crippen molar-refractivity contribution in [1.82, 2.24) is 15.2 Å². The zero-order chi connectivity index (χ0) is 18.6. The third-order valence-corrected chi connectivity index (χ3v) is 5.92. The smallest absolute Gasteiger partial charge is 0.261 e. The van der Waals surface area contributed by atoms with Crippen LogP contribution in [0, 0.1) is 0 Å². The Bertz CT molecular complexity index is 858. The maximum Gasteiger partial charge on any atom is 0.261 e. The lowest BCUT2D eigenvalue weighted by Crippen LogP contribution is -2.43. The second-order valence-electron chi connectivity index (χ2n) is 6.26. The van der Waals surface area contributed by atoms with Crippen LogP contribution in [0.1, 0.15) is 23.2 Å². The van der Waals surface area contributed by atoms with Gasteiger partial charge in [-0.3, -0.25) is 14.5 Å². The Morgan fingerprint density at radius 2 is 1.64 bits per heavy atom. The van der Waals surface area contributed by atoms with Crippen LogP contribution in [0.2, 0.25) is 0 Å². The SMILES string of the molecule is CN(C(=O)c1ccc(S(=O)(=O)Nc2ccncc2)cc1)C1CCNCC1.Cl.Cl. The number of anilines is 1. The molecule has 1 aromatic carbocycles. The number of rotatable bonds is 5. The summed E-state index contributed by atoms with van der Waals surface area (Å²) < 4.78 is 27.3. The summed E-state index contributed by atoms with van der Waals surface area (Å²) in [6, 6.07) is 9.37. The van der Waals surface area contributed by atoms with Gasteiger partial charge in [-0.15, -0.1) is 24.8 Å². The van der Waals surface area contributed by atoms with Crippen LogP contribution in [0.15, 0.2) is 53.7 Å². The molecule has 3 rings (SSSR count). The molecule has 0 bridgehead atoms. The molecule has 2 aromatic rings. The number of hydrogen-bond donors (Lipinski definition) is 2. The fraction of sp³-hybridized carbons (Fsp3) is 0.333. The van der Waals surface area contributed by atoms with E-state index in [1.54, 1.807) is 36.2 Å². The number of carbonyl (C=O) groups is 1. The van der Waals surface area contributed by atoms with Crippen molar-refractivity contribution >= 4 is 46.4 Å². The highest BCUT2D eigenvalue weighted by Gasteiger charge is 2.23. The maximum absolute atomic E-state index is 12.6. The highest BCUT2D eigenvalue weighted by Crippen LogP contribution is 2.18. The van der Waals surface area contributed by atoms with E-state index in [0.717, 1.165) is 25.9 Å². The van der Waals surface area contributed by atoms with Gasteiger partial charge in [-0.1, -0.05) is 0 Å². The van der Waals surface area contributed by atoms with E-state index in [1.165, 1.54) is 24.5 Å². The molecule has 1 fully saturated rings. The average molecular weight is 447 g/mol. The average Bonchev–Trinajstić information content (AvgIpc) is 2.68. The normalized spacial score (nSPS) is 14.3. The Morgan fingerprint density at radius 1 is 1.07 bits per heavy atom. The Labute approximate surface area is 177 Å². The topological polar surface area (TPSA) is 91.4 Å². The molecule has 154 valence electrons. The molecule has 2 N–H and O–H groups in total. The summed E-state index contributed by atoms with van der Waals surface area (Å²) in [6.45, 7) is 1.81. The zero-order valence-corrected chi connectivity index (χ0v) is 17.8. The molecule has 0 unspecified atom stereocenters. The van der Waals surface area contributed by atoms with Gasteiger partial charge >= 0.3 is 0 Å². The molecule has 7 nitrogen and oxygen atoms in total. The number of amides is 1. The van der Waals surface area contributed by atoms with Crippen molar-refractivity contribution in [3.05, 3.63) is 54.4 Å². The van der Waals surface area contributed by atoms with Crippen LogP contribution in [0.3, 0.4) is 0 Å². The predicted molar refractivity (Wildman–Crippen MR) is 114 cm³/mol. The van der Waals surface area contributed by atoms with Crippen molar-refractivity contribution in [3.8, 4) is 0 Å². The van der Waals surface area contributed by atoms with Crippen molar-refractivity contribution < 1.29 is 13.2 Å². The number of nitrogens with one attached hydrogen (secondary N) is 2. The first-order valence-corrected chi connectivity index (χ1v) is 9.96. The molecule has 0 atom stereocenters. The van der Waals surface area contributed by atoms with Crippen molar-refractivity contribution in [2.75, 3.05) is 24.9 Å². The molecule has 0 radical (unpaired) electrons. The van der Waals surface area contributed by atoms with Gasteiger partial charge < -0.3 is 10.2 Å². The van der Waals surface area contributed by atoms with Gasteiger partial charge in [0.2, 0.25) is 0 Å². The van der Waals surface area contributed by atoms with E-state index in [1.807, 2.05) is 0 Å². The lowest BCUT2D eigenvalue weighted by molar-refractivity contribution is 0.0703. The molecule has 0 aliphatic carbocycles. The third kappa shape index (κ3) is 5.81. The molecular formula is C18H24Cl2N4O3S. The van der Waals surface area contributed by atoms with E-state index in [2.05, 4.69) is 15.0 Å². The number of aromatic nitrogens is 1. The summed E-state index contributed by atoms with van der Waals surface area (Å²) in [5.74, 6) is -0.0945. The van der Waals surface area contributed by atoms with Crippen molar-refractivity contribution in [2.45, 2.75) is 23.8 Å². The number of halogens is 2. The van der Waals surface area contributed by atoms with Gasteiger partial charge in [0.15, 0.2) is 0 Å². The summed E-state index contributed by atoms with van der Waals surface area (Å²) in [4.78, 5) is 18.3.